The van der Waals surface area contributed by atoms with Crippen LogP contribution in [0.2, 0.25) is 0 Å². The van der Waals surface area contributed by atoms with Gasteiger partial charge in [0.1, 0.15) is 0 Å². The molecule has 0 unspecified atom stereocenters. The summed E-state index contributed by atoms with van der Waals surface area (Å²) < 4.78 is 14.8. The number of hydrogen-bond acceptors (Lipinski definition) is 4. The molecule has 0 spiro atoms. The van der Waals surface area contributed by atoms with Crippen LogP contribution in [0.5, 0.6) is 0 Å². The van der Waals surface area contributed by atoms with Crippen molar-refractivity contribution < 1.29 is 24.0 Å². The first-order valence-electron chi connectivity index (χ1n) is 9.17. The Hall–Kier alpha value is -0.230. The molecule has 0 heterocycles. The van der Waals surface area contributed by atoms with E-state index in [-0.39, 0.29) is 6.61 Å². The van der Waals surface area contributed by atoms with E-state index in [9.17, 15) is 9.67 Å². The van der Waals surface area contributed by atoms with Gasteiger partial charge in [-0.1, -0.05) is 76.9 Å². The van der Waals surface area contributed by atoms with Gasteiger partial charge >= 0.3 is 7.82 Å². The minimum Gasteiger partial charge on any atom is -0.387 e. The number of nitrogens with two attached hydrogens (primary N) is 1. The Balaban J connectivity index is 3.49. The van der Waals surface area contributed by atoms with Crippen LogP contribution in [-0.4, -0.2) is 33.6 Å². The summed E-state index contributed by atoms with van der Waals surface area (Å²) in [5.41, 5.74) is 5.59. The topological polar surface area (TPSA) is 113 Å². The van der Waals surface area contributed by atoms with Crippen LogP contribution < -0.4 is 5.73 Å². The molecule has 5 N–H and O–H groups in total. The van der Waals surface area contributed by atoms with Gasteiger partial charge in [-0.2, -0.15) is 0 Å². The van der Waals surface area contributed by atoms with Crippen molar-refractivity contribution >= 4 is 7.82 Å². The Morgan fingerprint density at radius 3 is 2.00 bits per heavy atom. The number of phosphoric acid groups is 1. The van der Waals surface area contributed by atoms with E-state index in [4.69, 9.17) is 15.5 Å². The Kier molecular flexibility index (Phi) is 14.9. The summed E-state index contributed by atoms with van der Waals surface area (Å²) in [6.07, 6.45) is 16.2. The van der Waals surface area contributed by atoms with Gasteiger partial charge in [0.25, 0.3) is 0 Å². The monoisotopic (exact) mass is 365 g/mol. The maximum absolute atomic E-state index is 10.5. The first-order valence-corrected chi connectivity index (χ1v) is 10.7. The lowest BCUT2D eigenvalue weighted by atomic mass is 10.1. The van der Waals surface area contributed by atoms with E-state index in [1.165, 1.54) is 57.8 Å². The molecule has 0 saturated carbocycles. The first kappa shape index (κ1) is 23.8. The van der Waals surface area contributed by atoms with Crippen molar-refractivity contribution in [3.63, 3.8) is 0 Å². The van der Waals surface area contributed by atoms with Crippen LogP contribution in [0.15, 0.2) is 12.2 Å². The molecule has 0 saturated heterocycles. The molecule has 0 aliphatic heterocycles. The van der Waals surface area contributed by atoms with Crippen LogP contribution in [0, 0.1) is 0 Å². The molecule has 2 atom stereocenters. The number of aliphatic hydroxyl groups is 1. The normalized spacial score (nSPS) is 15.0. The van der Waals surface area contributed by atoms with Crippen molar-refractivity contribution in [2.24, 2.45) is 5.73 Å². The highest BCUT2D eigenvalue weighted by atomic mass is 31.2. The maximum atomic E-state index is 10.5. The van der Waals surface area contributed by atoms with Crippen LogP contribution in [0.3, 0.4) is 0 Å². The number of phosphoric ester groups is 1. The molecule has 0 aromatic carbocycles. The Morgan fingerprint density at radius 2 is 1.50 bits per heavy atom. The fourth-order valence-electron chi connectivity index (χ4n) is 2.41. The Labute approximate surface area is 146 Å². The lowest BCUT2D eigenvalue weighted by Crippen LogP contribution is -2.37. The number of rotatable bonds is 16. The van der Waals surface area contributed by atoms with Crippen LogP contribution in [0.25, 0.3) is 0 Å². The molecule has 0 aromatic heterocycles. The quantitative estimate of drug-likeness (QED) is 0.189. The van der Waals surface area contributed by atoms with Crippen molar-refractivity contribution in [2.75, 3.05) is 6.61 Å². The minimum absolute atomic E-state index is 0.381. The van der Waals surface area contributed by atoms with Crippen molar-refractivity contribution in [1.82, 2.24) is 0 Å². The molecule has 144 valence electrons. The molecule has 0 bridgehead atoms. The van der Waals surface area contributed by atoms with E-state index in [1.54, 1.807) is 6.08 Å². The highest BCUT2D eigenvalue weighted by Crippen LogP contribution is 2.35. The van der Waals surface area contributed by atoms with Gasteiger partial charge in [-0.15, -0.1) is 0 Å². The summed E-state index contributed by atoms with van der Waals surface area (Å²) in [6, 6.07) is -0.846. The number of hydrogen-bond donors (Lipinski definition) is 4. The summed E-state index contributed by atoms with van der Waals surface area (Å²) >= 11 is 0. The fraction of sp³-hybridized carbons (Fsp3) is 0.882. The Morgan fingerprint density at radius 1 is 1.00 bits per heavy atom. The number of unbranched alkanes of at least 4 members (excludes halogenated alkanes) is 10. The van der Waals surface area contributed by atoms with Gasteiger partial charge in [0.15, 0.2) is 0 Å². The molecular formula is C17H36NO5P. The molecule has 0 rings (SSSR count). The summed E-state index contributed by atoms with van der Waals surface area (Å²) in [6.45, 7) is 1.85. The molecule has 0 aromatic rings. The summed E-state index contributed by atoms with van der Waals surface area (Å²) in [4.78, 5) is 17.1. The molecule has 0 aliphatic carbocycles. The van der Waals surface area contributed by atoms with Crippen LogP contribution in [0.1, 0.15) is 77.6 Å². The van der Waals surface area contributed by atoms with E-state index in [1.807, 2.05) is 6.08 Å². The molecule has 0 fully saturated rings. The van der Waals surface area contributed by atoms with E-state index >= 15 is 0 Å². The molecule has 0 radical (unpaired) electrons. The third-order valence-electron chi connectivity index (χ3n) is 3.93. The molecule has 0 amide bonds. The molecule has 7 heteroatoms. The SMILES string of the molecule is CCCCCCCCCCCC/C=C/[C@@H](O)[C@@H](N)COP(=O)(O)O. The van der Waals surface area contributed by atoms with Crippen LogP contribution in [0.4, 0.5) is 0 Å². The average molecular weight is 365 g/mol. The predicted octanol–water partition coefficient (Wildman–Crippen LogP) is 3.65. The van der Waals surface area contributed by atoms with Gasteiger partial charge in [-0.3, -0.25) is 4.52 Å². The summed E-state index contributed by atoms with van der Waals surface area (Å²) in [5.74, 6) is 0. The zero-order valence-corrected chi connectivity index (χ0v) is 15.9. The van der Waals surface area contributed by atoms with Gasteiger partial charge < -0.3 is 20.6 Å². The van der Waals surface area contributed by atoms with Gasteiger partial charge in [0, 0.05) is 0 Å². The molecular weight excluding hydrogens is 329 g/mol. The van der Waals surface area contributed by atoms with Crippen molar-refractivity contribution in [3.8, 4) is 0 Å². The van der Waals surface area contributed by atoms with E-state index in [0.717, 1.165) is 12.8 Å². The summed E-state index contributed by atoms with van der Waals surface area (Å²) in [5, 5.41) is 9.73. The zero-order valence-electron chi connectivity index (χ0n) is 15.0. The average Bonchev–Trinajstić information content (AvgIpc) is 2.52. The van der Waals surface area contributed by atoms with Crippen molar-refractivity contribution in [1.29, 1.82) is 0 Å². The third kappa shape index (κ3) is 16.6. The van der Waals surface area contributed by atoms with Gasteiger partial charge in [-0.05, 0) is 12.8 Å². The van der Waals surface area contributed by atoms with Gasteiger partial charge in [0.05, 0.1) is 18.8 Å². The number of allylic oxidation sites excluding steroid dienone is 1. The van der Waals surface area contributed by atoms with Crippen molar-refractivity contribution in [2.45, 2.75) is 89.7 Å². The molecule has 0 aliphatic rings. The second kappa shape index (κ2) is 15.1. The second-order valence-corrected chi connectivity index (χ2v) is 7.58. The lowest BCUT2D eigenvalue weighted by molar-refractivity contribution is 0.129. The van der Waals surface area contributed by atoms with Gasteiger partial charge in [-0.25, -0.2) is 4.57 Å². The minimum atomic E-state index is -4.53. The highest BCUT2D eigenvalue weighted by molar-refractivity contribution is 7.46. The van der Waals surface area contributed by atoms with E-state index < -0.39 is 20.0 Å². The number of aliphatic hydroxyl groups excluding tert-OH is 1. The standard InChI is InChI=1S/C17H36NO5P/c1-2-3-4-5-6-7-8-9-10-11-12-13-14-17(19)16(18)15-23-24(20,21)22/h13-14,16-17,19H,2-12,15,18H2,1H3,(H2,20,21,22)/b14-13+/t16-,17+/m0/s1. The third-order valence-corrected chi connectivity index (χ3v) is 4.42. The largest absolute Gasteiger partial charge is 0.469 e. The smallest absolute Gasteiger partial charge is 0.387 e. The van der Waals surface area contributed by atoms with Crippen molar-refractivity contribution in [3.05, 3.63) is 12.2 Å². The molecule has 24 heavy (non-hydrogen) atoms. The fourth-order valence-corrected chi connectivity index (χ4v) is 2.78. The first-order chi connectivity index (χ1) is 11.4. The second-order valence-electron chi connectivity index (χ2n) is 6.34. The van der Waals surface area contributed by atoms with Crippen LogP contribution >= 0.6 is 7.82 Å². The Bertz CT molecular complexity index is 359. The lowest BCUT2D eigenvalue weighted by Gasteiger charge is -2.15. The van der Waals surface area contributed by atoms with Gasteiger partial charge in [0.2, 0.25) is 0 Å². The van der Waals surface area contributed by atoms with E-state index in [2.05, 4.69) is 11.4 Å². The predicted molar refractivity (Wildman–Crippen MR) is 97.6 cm³/mol. The molecule has 6 nitrogen and oxygen atoms in total. The zero-order chi connectivity index (χ0) is 18.3. The highest BCUT2D eigenvalue weighted by Gasteiger charge is 2.19. The summed E-state index contributed by atoms with van der Waals surface area (Å²) in [7, 11) is -4.53. The maximum Gasteiger partial charge on any atom is 0.469 e. The van der Waals surface area contributed by atoms with Crippen LogP contribution in [-0.2, 0) is 9.09 Å². The van der Waals surface area contributed by atoms with E-state index in [0.29, 0.717) is 0 Å².